The molecule has 21 heavy (non-hydrogen) atoms. The molecule has 2 aliphatic rings. The van der Waals surface area contributed by atoms with Gasteiger partial charge in [-0.05, 0) is 37.5 Å². The first-order chi connectivity index (χ1) is 9.70. The second kappa shape index (κ2) is 6.22. The van der Waals surface area contributed by atoms with Crippen molar-refractivity contribution in [2.75, 3.05) is 13.1 Å². The molecule has 1 atom stereocenters. The molecule has 0 bridgehead atoms. The average molecular weight is 318 g/mol. The van der Waals surface area contributed by atoms with E-state index in [1.807, 2.05) is 0 Å². The fraction of sp³-hybridized carbons (Fsp3) is 0.929. The number of hydrogen-bond donors (Lipinski definition) is 2. The van der Waals surface area contributed by atoms with Gasteiger partial charge in [0.25, 0.3) is 10.2 Å². The molecule has 1 heterocycles. The molecule has 0 aromatic heterocycles. The minimum absolute atomic E-state index is 0.00375. The molecule has 122 valence electrons. The van der Waals surface area contributed by atoms with Crippen molar-refractivity contribution in [2.24, 2.45) is 11.3 Å². The Morgan fingerprint density at radius 2 is 1.86 bits per heavy atom. The van der Waals surface area contributed by atoms with Crippen molar-refractivity contribution in [1.29, 1.82) is 0 Å². The molecule has 1 aliphatic heterocycles. The fourth-order valence-corrected chi connectivity index (χ4v) is 4.89. The van der Waals surface area contributed by atoms with Crippen molar-refractivity contribution in [2.45, 2.75) is 58.4 Å². The van der Waals surface area contributed by atoms with Crippen LogP contribution in [0.3, 0.4) is 0 Å². The van der Waals surface area contributed by atoms with Crippen molar-refractivity contribution in [3.63, 3.8) is 0 Å². The molecule has 6 nitrogen and oxygen atoms in total. The lowest BCUT2D eigenvalue weighted by Gasteiger charge is -2.37. The highest BCUT2D eigenvalue weighted by Gasteiger charge is 2.35. The van der Waals surface area contributed by atoms with Gasteiger partial charge in [0, 0.05) is 19.1 Å². The molecule has 0 radical (unpaired) electrons. The number of carboxylic acid groups (broad SMARTS) is 1. The molecule has 2 N–H and O–H groups in total. The highest BCUT2D eigenvalue weighted by molar-refractivity contribution is 7.87. The van der Waals surface area contributed by atoms with Gasteiger partial charge in [0.2, 0.25) is 0 Å². The van der Waals surface area contributed by atoms with E-state index < -0.39 is 22.1 Å². The average Bonchev–Trinajstić information content (AvgIpc) is 2.37. The quantitative estimate of drug-likeness (QED) is 0.824. The van der Waals surface area contributed by atoms with Gasteiger partial charge in [-0.1, -0.05) is 20.3 Å². The van der Waals surface area contributed by atoms with Gasteiger partial charge in [-0.25, -0.2) is 0 Å². The fourth-order valence-electron chi connectivity index (χ4n) is 3.43. The summed E-state index contributed by atoms with van der Waals surface area (Å²) in [6.45, 7) is 4.93. The lowest BCUT2D eigenvalue weighted by atomic mass is 9.75. The van der Waals surface area contributed by atoms with Gasteiger partial charge in [0.05, 0.1) is 5.92 Å². The van der Waals surface area contributed by atoms with Gasteiger partial charge in [-0.15, -0.1) is 0 Å². The van der Waals surface area contributed by atoms with Crippen LogP contribution >= 0.6 is 0 Å². The maximum atomic E-state index is 12.4. The predicted octanol–water partition coefficient (Wildman–Crippen LogP) is 1.59. The largest absolute Gasteiger partial charge is 0.481 e. The van der Waals surface area contributed by atoms with Crippen LogP contribution in [0.5, 0.6) is 0 Å². The Bertz CT molecular complexity index is 481. The van der Waals surface area contributed by atoms with E-state index >= 15 is 0 Å². The molecule has 7 heteroatoms. The highest BCUT2D eigenvalue weighted by atomic mass is 32.2. The first-order valence-corrected chi connectivity index (χ1v) is 9.14. The van der Waals surface area contributed by atoms with Gasteiger partial charge < -0.3 is 5.11 Å². The molecule has 0 spiro atoms. The monoisotopic (exact) mass is 318 g/mol. The zero-order valence-electron chi connectivity index (χ0n) is 12.8. The zero-order chi connectivity index (χ0) is 15.7. The standard InChI is InChI=1S/C14H26N2O4S/c1-14(2)7-3-4-12(10-14)15-21(19,20)16-8-5-11(6-9-16)13(17)18/h11-12,15H,3-10H2,1-2H3,(H,17,18). The molecule has 0 amide bonds. The van der Waals surface area contributed by atoms with Gasteiger partial charge in [-0.3, -0.25) is 4.79 Å². The number of carbonyl (C=O) groups is 1. The van der Waals surface area contributed by atoms with Crippen LogP contribution in [0.1, 0.15) is 52.4 Å². The Labute approximate surface area is 127 Å². The molecular weight excluding hydrogens is 292 g/mol. The summed E-state index contributed by atoms with van der Waals surface area (Å²) in [7, 11) is -3.49. The number of hydrogen-bond acceptors (Lipinski definition) is 3. The number of aliphatic carboxylic acids is 1. The summed E-state index contributed by atoms with van der Waals surface area (Å²) in [6, 6.07) is -0.00375. The van der Waals surface area contributed by atoms with E-state index in [9.17, 15) is 13.2 Å². The molecule has 1 unspecified atom stereocenters. The third kappa shape index (κ3) is 4.40. The van der Waals surface area contributed by atoms with Crippen LogP contribution in [-0.2, 0) is 15.0 Å². The van der Waals surface area contributed by atoms with E-state index in [0.29, 0.717) is 25.9 Å². The van der Waals surface area contributed by atoms with E-state index in [2.05, 4.69) is 18.6 Å². The first kappa shape index (κ1) is 16.7. The number of piperidine rings is 1. The molecule has 0 aromatic carbocycles. The third-order valence-corrected chi connectivity index (χ3v) is 6.34. The SMILES string of the molecule is CC1(C)CCCC(NS(=O)(=O)N2CCC(C(=O)O)CC2)C1. The Kier molecular flexibility index (Phi) is 4.95. The lowest BCUT2D eigenvalue weighted by Crippen LogP contribution is -2.50. The van der Waals surface area contributed by atoms with Crippen molar-refractivity contribution < 1.29 is 18.3 Å². The van der Waals surface area contributed by atoms with Crippen molar-refractivity contribution in [1.82, 2.24) is 9.03 Å². The summed E-state index contributed by atoms with van der Waals surface area (Å²) in [6.07, 6.45) is 4.71. The van der Waals surface area contributed by atoms with Crippen molar-refractivity contribution in [3.8, 4) is 0 Å². The molecule has 0 aromatic rings. The highest BCUT2D eigenvalue weighted by Crippen LogP contribution is 2.35. The third-order valence-electron chi connectivity index (χ3n) is 4.66. The first-order valence-electron chi connectivity index (χ1n) is 7.70. The van der Waals surface area contributed by atoms with Crippen LogP contribution in [0.25, 0.3) is 0 Å². The van der Waals surface area contributed by atoms with Crippen molar-refractivity contribution in [3.05, 3.63) is 0 Å². The van der Waals surface area contributed by atoms with E-state index in [1.165, 1.54) is 4.31 Å². The van der Waals surface area contributed by atoms with Crippen LogP contribution < -0.4 is 4.72 Å². The number of nitrogens with one attached hydrogen (secondary N) is 1. The van der Waals surface area contributed by atoms with E-state index in [0.717, 1.165) is 25.7 Å². The zero-order valence-corrected chi connectivity index (χ0v) is 13.7. The molecule has 1 saturated heterocycles. The topological polar surface area (TPSA) is 86.7 Å². The summed E-state index contributed by atoms with van der Waals surface area (Å²) >= 11 is 0. The maximum absolute atomic E-state index is 12.4. The summed E-state index contributed by atoms with van der Waals surface area (Å²) in [5, 5.41) is 8.96. The number of nitrogens with zero attached hydrogens (tertiary/aromatic N) is 1. The minimum Gasteiger partial charge on any atom is -0.481 e. The second-order valence-electron chi connectivity index (χ2n) is 7.09. The Hall–Kier alpha value is -0.660. The molecular formula is C14H26N2O4S. The minimum atomic E-state index is -3.49. The molecule has 1 aliphatic carbocycles. The number of carboxylic acids is 1. The Morgan fingerprint density at radius 1 is 1.24 bits per heavy atom. The van der Waals surface area contributed by atoms with Crippen LogP contribution in [0.4, 0.5) is 0 Å². The van der Waals surface area contributed by atoms with Gasteiger partial charge in [0.1, 0.15) is 0 Å². The maximum Gasteiger partial charge on any atom is 0.306 e. The van der Waals surface area contributed by atoms with Crippen LogP contribution in [0.15, 0.2) is 0 Å². The summed E-state index contributed by atoms with van der Waals surface area (Å²) < 4.78 is 29.0. The van der Waals surface area contributed by atoms with Gasteiger partial charge >= 0.3 is 5.97 Å². The van der Waals surface area contributed by atoms with Crippen LogP contribution in [0.2, 0.25) is 0 Å². The predicted molar refractivity (Wildman–Crippen MR) is 80.0 cm³/mol. The Morgan fingerprint density at radius 3 is 2.38 bits per heavy atom. The number of rotatable bonds is 4. The smallest absolute Gasteiger partial charge is 0.306 e. The van der Waals surface area contributed by atoms with Crippen LogP contribution in [-0.4, -0.2) is 42.9 Å². The normalized spacial score (nSPS) is 28.4. The summed E-state index contributed by atoms with van der Waals surface area (Å²) in [5.41, 5.74) is 0.182. The van der Waals surface area contributed by atoms with E-state index in [4.69, 9.17) is 5.11 Å². The van der Waals surface area contributed by atoms with E-state index in [-0.39, 0.29) is 11.5 Å². The summed E-state index contributed by atoms with van der Waals surface area (Å²) in [4.78, 5) is 10.9. The Balaban J connectivity index is 1.92. The van der Waals surface area contributed by atoms with Crippen molar-refractivity contribution >= 4 is 16.2 Å². The molecule has 2 fully saturated rings. The summed E-state index contributed by atoms with van der Waals surface area (Å²) in [5.74, 6) is -1.24. The molecule has 1 saturated carbocycles. The van der Waals surface area contributed by atoms with Gasteiger partial charge in [0.15, 0.2) is 0 Å². The van der Waals surface area contributed by atoms with E-state index in [1.54, 1.807) is 0 Å². The lowest BCUT2D eigenvalue weighted by molar-refractivity contribution is -0.142. The van der Waals surface area contributed by atoms with Crippen LogP contribution in [0, 0.1) is 11.3 Å². The van der Waals surface area contributed by atoms with Gasteiger partial charge in [-0.2, -0.15) is 17.4 Å². The molecule has 2 rings (SSSR count). The second-order valence-corrected chi connectivity index (χ2v) is 8.79.